The third-order valence-electron chi connectivity index (χ3n) is 1.88. The fraction of sp³-hybridized carbons (Fsp3) is 0.250. The molecule has 0 saturated heterocycles. The average Bonchev–Trinajstić information content (AvgIpc) is 2.16. The maximum Gasteiger partial charge on any atom is 0.274 e. The zero-order chi connectivity index (χ0) is 10.7. The van der Waals surface area contributed by atoms with Crippen LogP contribution in [0.5, 0.6) is 0 Å². The van der Waals surface area contributed by atoms with Gasteiger partial charge in [-0.1, -0.05) is 6.92 Å². The molecule has 2 N–H and O–H groups in total. The Labute approximate surface area is 80.1 Å². The van der Waals surface area contributed by atoms with E-state index in [2.05, 4.69) is 0 Å². The van der Waals surface area contributed by atoms with Crippen molar-refractivity contribution < 1.29 is 15.3 Å². The topological polar surface area (TPSA) is 86.8 Å². The monoisotopic (exact) mass is 198 g/mol. The summed E-state index contributed by atoms with van der Waals surface area (Å²) in [5.74, 6) is 0. The quantitative estimate of drug-likeness (QED) is 0.570. The van der Waals surface area contributed by atoms with E-state index in [1.54, 1.807) is 6.92 Å². The van der Waals surface area contributed by atoms with Gasteiger partial charge in [0.05, 0.1) is 4.92 Å². The Bertz CT molecular complexity index is 351. The van der Waals surface area contributed by atoms with E-state index in [0.717, 1.165) is 6.07 Å². The van der Waals surface area contributed by atoms with Crippen molar-refractivity contribution in [2.75, 3.05) is 5.23 Å². The first-order chi connectivity index (χ1) is 6.56. The molecule has 0 atom stereocenters. The molecule has 14 heavy (non-hydrogen) atoms. The maximum absolute atomic E-state index is 10.6. The van der Waals surface area contributed by atoms with Crippen LogP contribution >= 0.6 is 0 Å². The molecule has 0 amide bonds. The number of nitro groups is 1. The van der Waals surface area contributed by atoms with Crippen LogP contribution in [0.1, 0.15) is 12.5 Å². The van der Waals surface area contributed by atoms with Gasteiger partial charge in [-0.15, -0.1) is 5.23 Å². The summed E-state index contributed by atoms with van der Waals surface area (Å²) < 4.78 is 0. The molecule has 0 unspecified atom stereocenters. The average molecular weight is 198 g/mol. The highest BCUT2D eigenvalue weighted by molar-refractivity contribution is 5.54. The lowest BCUT2D eigenvalue weighted by Crippen LogP contribution is -2.11. The molecule has 6 nitrogen and oxygen atoms in total. The Balaban J connectivity index is 3.21. The molecule has 0 aromatic heterocycles. The first-order valence-corrected chi connectivity index (χ1v) is 4.01. The fourth-order valence-electron chi connectivity index (χ4n) is 1.15. The van der Waals surface area contributed by atoms with E-state index >= 15 is 0 Å². The summed E-state index contributed by atoms with van der Waals surface area (Å²) in [6, 6.07) is 4.00. The van der Waals surface area contributed by atoms with E-state index in [0.29, 0.717) is 12.0 Å². The number of hydrogen-bond acceptors (Lipinski definition) is 5. The van der Waals surface area contributed by atoms with Crippen LogP contribution in [0.3, 0.4) is 0 Å². The van der Waals surface area contributed by atoms with Crippen molar-refractivity contribution in [2.24, 2.45) is 0 Å². The number of nitro benzene ring substituents is 1. The molecule has 0 spiro atoms. The molecule has 1 rings (SSSR count). The van der Waals surface area contributed by atoms with Crippen LogP contribution in [-0.4, -0.2) is 15.3 Å². The Morgan fingerprint density at radius 2 is 2.14 bits per heavy atom. The van der Waals surface area contributed by atoms with Crippen molar-refractivity contribution >= 4 is 11.4 Å². The number of rotatable bonds is 3. The normalized spacial score (nSPS) is 9.93. The summed E-state index contributed by atoms with van der Waals surface area (Å²) in [5, 5.41) is 27.8. The minimum atomic E-state index is -0.550. The van der Waals surface area contributed by atoms with Crippen molar-refractivity contribution in [3.05, 3.63) is 33.9 Å². The third kappa shape index (κ3) is 1.98. The number of anilines is 1. The molecule has 0 aliphatic heterocycles. The minimum Gasteiger partial charge on any atom is -0.264 e. The first-order valence-electron chi connectivity index (χ1n) is 4.01. The number of aryl methyl sites for hydroxylation is 1. The van der Waals surface area contributed by atoms with Crippen LogP contribution in [0.4, 0.5) is 11.4 Å². The lowest BCUT2D eigenvalue weighted by Gasteiger charge is -2.08. The summed E-state index contributed by atoms with van der Waals surface area (Å²) in [6.45, 7) is 1.79. The van der Waals surface area contributed by atoms with Gasteiger partial charge in [-0.25, -0.2) is 0 Å². The molecule has 0 bridgehead atoms. The second kappa shape index (κ2) is 4.03. The van der Waals surface area contributed by atoms with Crippen molar-refractivity contribution in [1.29, 1.82) is 0 Å². The van der Waals surface area contributed by atoms with Gasteiger partial charge in [0.15, 0.2) is 0 Å². The van der Waals surface area contributed by atoms with Crippen molar-refractivity contribution in [3.63, 3.8) is 0 Å². The van der Waals surface area contributed by atoms with Gasteiger partial charge >= 0.3 is 0 Å². The smallest absolute Gasteiger partial charge is 0.264 e. The number of hydrogen-bond donors (Lipinski definition) is 2. The van der Waals surface area contributed by atoms with Gasteiger partial charge in [0.1, 0.15) is 5.69 Å². The summed E-state index contributed by atoms with van der Waals surface area (Å²) in [4.78, 5) is 10.0. The molecule has 0 aliphatic rings. The van der Waals surface area contributed by atoms with Crippen LogP contribution in [0.15, 0.2) is 18.2 Å². The van der Waals surface area contributed by atoms with Gasteiger partial charge in [-0.2, -0.15) is 0 Å². The second-order valence-electron chi connectivity index (χ2n) is 2.71. The van der Waals surface area contributed by atoms with Crippen LogP contribution < -0.4 is 5.23 Å². The van der Waals surface area contributed by atoms with Gasteiger partial charge in [0.2, 0.25) is 0 Å². The number of nitrogens with zero attached hydrogens (tertiary/aromatic N) is 2. The molecule has 1 aromatic carbocycles. The second-order valence-corrected chi connectivity index (χ2v) is 2.71. The van der Waals surface area contributed by atoms with E-state index < -0.39 is 4.92 Å². The Hall–Kier alpha value is -1.66. The molecule has 1 aromatic rings. The zero-order valence-electron chi connectivity index (χ0n) is 7.54. The van der Waals surface area contributed by atoms with Crippen LogP contribution in [0.25, 0.3) is 0 Å². The van der Waals surface area contributed by atoms with Crippen LogP contribution in [0, 0.1) is 10.1 Å². The molecular formula is C8H10N2O4. The summed E-state index contributed by atoms with van der Waals surface area (Å²) in [6.07, 6.45) is 0.521. The molecule has 0 fully saturated rings. The van der Waals surface area contributed by atoms with E-state index in [1.807, 2.05) is 0 Å². The molecule has 0 radical (unpaired) electrons. The Kier molecular flexibility index (Phi) is 3.00. The van der Waals surface area contributed by atoms with E-state index in [9.17, 15) is 10.1 Å². The molecule has 6 heteroatoms. The zero-order valence-corrected chi connectivity index (χ0v) is 7.54. The Morgan fingerprint density at radius 3 is 2.57 bits per heavy atom. The highest BCUT2D eigenvalue weighted by atomic mass is 16.8. The minimum absolute atomic E-state index is 0.0334. The highest BCUT2D eigenvalue weighted by Crippen LogP contribution is 2.24. The standard InChI is InChI=1S/C8H10N2O4/c1-2-6-3-4-7(9(11)12)5-8(6)10(13)14/h3-5,11-12H,2H2,1H3. The molecule has 0 heterocycles. The van der Waals surface area contributed by atoms with Crippen molar-refractivity contribution in [2.45, 2.75) is 13.3 Å². The van der Waals surface area contributed by atoms with Gasteiger partial charge in [-0.3, -0.25) is 20.5 Å². The molecule has 0 saturated carbocycles. The Morgan fingerprint density at radius 1 is 1.50 bits per heavy atom. The van der Waals surface area contributed by atoms with E-state index in [-0.39, 0.29) is 16.6 Å². The van der Waals surface area contributed by atoms with Gasteiger partial charge in [0, 0.05) is 11.6 Å². The van der Waals surface area contributed by atoms with Crippen molar-refractivity contribution in [3.8, 4) is 0 Å². The SMILES string of the molecule is CCc1ccc(N(O)O)cc1[N+](=O)[O-]. The maximum atomic E-state index is 10.6. The lowest BCUT2D eigenvalue weighted by atomic mass is 10.1. The van der Waals surface area contributed by atoms with Gasteiger partial charge < -0.3 is 0 Å². The van der Waals surface area contributed by atoms with Gasteiger partial charge in [0.25, 0.3) is 5.69 Å². The lowest BCUT2D eigenvalue weighted by molar-refractivity contribution is -0.385. The summed E-state index contributed by atoms with van der Waals surface area (Å²) >= 11 is 0. The van der Waals surface area contributed by atoms with E-state index in [4.69, 9.17) is 10.4 Å². The predicted octanol–water partition coefficient (Wildman–Crippen LogP) is 1.74. The number of benzene rings is 1. The molecular weight excluding hydrogens is 188 g/mol. The molecule has 0 aliphatic carbocycles. The summed E-state index contributed by atoms with van der Waals surface area (Å²) in [5.41, 5.74) is 0.410. The van der Waals surface area contributed by atoms with Crippen LogP contribution in [0.2, 0.25) is 0 Å². The predicted molar refractivity (Wildman–Crippen MR) is 48.5 cm³/mol. The van der Waals surface area contributed by atoms with Gasteiger partial charge in [-0.05, 0) is 18.6 Å². The largest absolute Gasteiger partial charge is 0.274 e. The van der Waals surface area contributed by atoms with E-state index in [1.165, 1.54) is 12.1 Å². The highest BCUT2D eigenvalue weighted by Gasteiger charge is 2.14. The summed E-state index contributed by atoms with van der Waals surface area (Å²) in [7, 11) is 0. The third-order valence-corrected chi connectivity index (χ3v) is 1.88. The van der Waals surface area contributed by atoms with Crippen molar-refractivity contribution in [1.82, 2.24) is 0 Å². The molecule has 76 valence electrons. The first kappa shape index (κ1) is 10.4. The fourth-order valence-corrected chi connectivity index (χ4v) is 1.15. The van der Waals surface area contributed by atoms with Crippen LogP contribution in [-0.2, 0) is 6.42 Å².